The van der Waals surface area contributed by atoms with Gasteiger partial charge in [0.15, 0.2) is 11.0 Å². The van der Waals surface area contributed by atoms with Crippen LogP contribution in [0.5, 0.6) is 5.75 Å². The highest BCUT2D eigenvalue weighted by atomic mass is 32.2. The predicted octanol–water partition coefficient (Wildman–Crippen LogP) is 3.68. The third kappa shape index (κ3) is 6.01. The van der Waals surface area contributed by atoms with Gasteiger partial charge >= 0.3 is 11.9 Å². The molecule has 0 aliphatic heterocycles. The number of methoxy groups -OCH3 is 2. The molecule has 3 aromatic rings. The lowest BCUT2D eigenvalue weighted by molar-refractivity contribution is -0.113. The van der Waals surface area contributed by atoms with Gasteiger partial charge in [-0.25, -0.2) is 9.59 Å². The predicted molar refractivity (Wildman–Crippen MR) is 132 cm³/mol. The summed E-state index contributed by atoms with van der Waals surface area (Å²) in [6.07, 6.45) is 0. The van der Waals surface area contributed by atoms with Crippen LogP contribution >= 0.6 is 23.1 Å². The Labute approximate surface area is 211 Å². The molecule has 0 saturated heterocycles. The fourth-order valence-electron chi connectivity index (χ4n) is 3.13. The quantitative estimate of drug-likeness (QED) is 0.334. The number of thiophene rings is 1. The average molecular weight is 519 g/mol. The van der Waals surface area contributed by atoms with E-state index in [-0.39, 0.29) is 33.7 Å². The third-order valence-electron chi connectivity index (χ3n) is 5.12. The largest absolute Gasteiger partial charge is 0.485 e. The van der Waals surface area contributed by atoms with E-state index in [0.717, 1.165) is 28.2 Å². The van der Waals surface area contributed by atoms with Gasteiger partial charge < -0.3 is 24.1 Å². The first-order valence-electron chi connectivity index (χ1n) is 10.5. The third-order valence-corrected chi connectivity index (χ3v) is 7.33. The van der Waals surface area contributed by atoms with Crippen molar-refractivity contribution in [1.82, 2.24) is 14.8 Å². The van der Waals surface area contributed by atoms with Crippen LogP contribution in [0.4, 0.5) is 5.00 Å². The van der Waals surface area contributed by atoms with E-state index in [9.17, 15) is 14.4 Å². The topological polar surface area (TPSA) is 122 Å². The molecule has 1 N–H and O–H groups in total. The Kier molecular flexibility index (Phi) is 8.52. The van der Waals surface area contributed by atoms with Crippen LogP contribution in [0.3, 0.4) is 0 Å². The average Bonchev–Trinajstić information content (AvgIpc) is 3.35. The van der Waals surface area contributed by atoms with Gasteiger partial charge in [0, 0.05) is 7.05 Å². The van der Waals surface area contributed by atoms with Crippen molar-refractivity contribution in [2.75, 3.05) is 25.3 Å². The number of hydrogen-bond acceptors (Lipinski definition) is 10. The van der Waals surface area contributed by atoms with Crippen LogP contribution in [-0.2, 0) is 27.9 Å². The Hall–Kier alpha value is -3.38. The molecule has 35 heavy (non-hydrogen) atoms. The van der Waals surface area contributed by atoms with Crippen molar-refractivity contribution in [1.29, 1.82) is 0 Å². The monoisotopic (exact) mass is 518 g/mol. The molecule has 0 atom stereocenters. The number of carbonyl (C=O) groups is 3. The Bertz CT molecular complexity index is 1270. The molecule has 0 saturated carbocycles. The molecule has 0 fully saturated rings. The summed E-state index contributed by atoms with van der Waals surface area (Å²) in [6.45, 7) is 5.80. The summed E-state index contributed by atoms with van der Waals surface area (Å²) in [5.41, 5.74) is 2.63. The van der Waals surface area contributed by atoms with Crippen molar-refractivity contribution in [2.45, 2.75) is 32.5 Å². The summed E-state index contributed by atoms with van der Waals surface area (Å²) in [5, 5.41) is 11.7. The van der Waals surface area contributed by atoms with E-state index >= 15 is 0 Å². The molecule has 186 valence electrons. The second-order valence-corrected chi connectivity index (χ2v) is 9.56. The van der Waals surface area contributed by atoms with Gasteiger partial charge in [0.1, 0.15) is 22.2 Å². The number of aromatic nitrogens is 3. The summed E-state index contributed by atoms with van der Waals surface area (Å²) in [7, 11) is 4.27. The van der Waals surface area contributed by atoms with E-state index < -0.39 is 11.9 Å². The van der Waals surface area contributed by atoms with Gasteiger partial charge in [0.05, 0.1) is 25.5 Å². The Balaban J connectivity index is 1.65. The second-order valence-electron chi connectivity index (χ2n) is 7.60. The summed E-state index contributed by atoms with van der Waals surface area (Å²) in [6, 6.07) is 5.98. The Morgan fingerprint density at radius 1 is 1.09 bits per heavy atom. The number of anilines is 1. The Morgan fingerprint density at radius 3 is 2.49 bits per heavy atom. The number of benzene rings is 1. The van der Waals surface area contributed by atoms with Crippen molar-refractivity contribution in [3.05, 3.63) is 51.2 Å². The molecular formula is C23H26N4O6S2. The van der Waals surface area contributed by atoms with E-state index in [1.165, 1.54) is 26.0 Å². The number of esters is 2. The second kappa shape index (κ2) is 11.4. The van der Waals surface area contributed by atoms with Crippen molar-refractivity contribution >= 4 is 45.9 Å². The van der Waals surface area contributed by atoms with Crippen LogP contribution in [0, 0.1) is 20.8 Å². The van der Waals surface area contributed by atoms with Crippen molar-refractivity contribution in [3.8, 4) is 5.75 Å². The van der Waals surface area contributed by atoms with Crippen LogP contribution in [0.1, 0.15) is 42.5 Å². The van der Waals surface area contributed by atoms with Gasteiger partial charge in [-0.1, -0.05) is 23.9 Å². The van der Waals surface area contributed by atoms with E-state index in [2.05, 4.69) is 15.5 Å². The maximum absolute atomic E-state index is 12.6. The number of aryl methyl sites for hydroxylation is 2. The standard InChI is InChI=1S/C23H26N4O6S2/c1-12-7-8-13(2)15(9-12)33-10-16-25-26-23(27(16)4)34-11-17(28)24-20-18(21(29)31-5)14(3)19(35-20)22(30)32-6/h7-9H,10-11H2,1-6H3,(H,24,28). The molecule has 0 spiro atoms. The number of ether oxygens (including phenoxy) is 3. The number of nitrogens with zero attached hydrogens (tertiary/aromatic N) is 3. The first-order valence-corrected chi connectivity index (χ1v) is 12.3. The highest BCUT2D eigenvalue weighted by molar-refractivity contribution is 7.99. The highest BCUT2D eigenvalue weighted by Crippen LogP contribution is 2.34. The number of hydrogen-bond donors (Lipinski definition) is 1. The van der Waals surface area contributed by atoms with Gasteiger partial charge in [-0.3, -0.25) is 4.79 Å². The lowest BCUT2D eigenvalue weighted by Crippen LogP contribution is -2.16. The molecule has 0 radical (unpaired) electrons. The zero-order valence-electron chi connectivity index (χ0n) is 20.3. The molecule has 1 amide bonds. The lowest BCUT2D eigenvalue weighted by atomic mass is 10.1. The van der Waals surface area contributed by atoms with Crippen molar-refractivity contribution in [3.63, 3.8) is 0 Å². The molecule has 0 bridgehead atoms. The minimum atomic E-state index is -0.654. The van der Waals surface area contributed by atoms with E-state index in [1.54, 1.807) is 18.5 Å². The number of nitrogens with one attached hydrogen (secondary N) is 1. The fraction of sp³-hybridized carbons (Fsp3) is 0.348. The number of carbonyl (C=O) groups excluding carboxylic acids is 3. The maximum atomic E-state index is 12.6. The summed E-state index contributed by atoms with van der Waals surface area (Å²) >= 11 is 2.14. The fourth-order valence-corrected chi connectivity index (χ4v) is 4.99. The summed E-state index contributed by atoms with van der Waals surface area (Å²) in [5.74, 6) is -0.233. The minimum Gasteiger partial charge on any atom is -0.485 e. The summed E-state index contributed by atoms with van der Waals surface area (Å²) in [4.78, 5) is 37.1. The van der Waals surface area contributed by atoms with Crippen LogP contribution in [0.25, 0.3) is 0 Å². The summed E-state index contributed by atoms with van der Waals surface area (Å²) < 4.78 is 17.2. The van der Waals surface area contributed by atoms with Crippen LogP contribution < -0.4 is 10.1 Å². The first kappa shape index (κ1) is 26.2. The molecule has 0 aliphatic carbocycles. The molecular weight excluding hydrogens is 492 g/mol. The zero-order chi connectivity index (χ0) is 25.7. The number of rotatable bonds is 9. The van der Waals surface area contributed by atoms with E-state index in [0.29, 0.717) is 16.5 Å². The number of amides is 1. The molecule has 10 nitrogen and oxygen atoms in total. The smallest absolute Gasteiger partial charge is 0.348 e. The van der Waals surface area contributed by atoms with Crippen LogP contribution in [0.2, 0.25) is 0 Å². The van der Waals surface area contributed by atoms with Crippen molar-refractivity contribution < 1.29 is 28.6 Å². The highest BCUT2D eigenvalue weighted by Gasteiger charge is 2.27. The lowest BCUT2D eigenvalue weighted by Gasteiger charge is -2.10. The van der Waals surface area contributed by atoms with E-state index in [4.69, 9.17) is 14.2 Å². The molecule has 3 rings (SSSR count). The Morgan fingerprint density at radius 2 is 1.80 bits per heavy atom. The number of thioether (sulfide) groups is 1. The van der Waals surface area contributed by atoms with Gasteiger partial charge in [0.2, 0.25) is 5.91 Å². The van der Waals surface area contributed by atoms with Gasteiger partial charge in [0.25, 0.3) is 0 Å². The normalized spacial score (nSPS) is 10.7. The van der Waals surface area contributed by atoms with E-state index in [1.807, 2.05) is 32.0 Å². The first-order chi connectivity index (χ1) is 16.7. The van der Waals surface area contributed by atoms with Crippen LogP contribution in [-0.4, -0.2) is 52.6 Å². The maximum Gasteiger partial charge on any atom is 0.348 e. The van der Waals surface area contributed by atoms with Gasteiger partial charge in [-0.05, 0) is 43.5 Å². The molecule has 2 aromatic heterocycles. The molecule has 2 heterocycles. The van der Waals surface area contributed by atoms with Crippen LogP contribution in [0.15, 0.2) is 23.4 Å². The molecule has 1 aromatic carbocycles. The SMILES string of the molecule is COC(=O)c1sc(NC(=O)CSc2nnc(COc3cc(C)ccc3C)n2C)c(C(=O)OC)c1C. The van der Waals surface area contributed by atoms with Gasteiger partial charge in [-0.15, -0.1) is 21.5 Å². The molecule has 12 heteroatoms. The molecule has 0 unspecified atom stereocenters. The minimum absolute atomic E-state index is 0.00887. The van der Waals surface area contributed by atoms with Gasteiger partial charge in [-0.2, -0.15) is 0 Å². The zero-order valence-corrected chi connectivity index (χ0v) is 21.9. The van der Waals surface area contributed by atoms with Crippen molar-refractivity contribution in [2.24, 2.45) is 7.05 Å². The molecule has 0 aliphatic rings.